The molecule has 5 rings (SSSR count). The Morgan fingerprint density at radius 2 is 1.50 bits per heavy atom. The van der Waals surface area contributed by atoms with Gasteiger partial charge in [-0.05, 0) is 35.4 Å². The molecule has 1 saturated heterocycles. The van der Waals surface area contributed by atoms with Crippen LogP contribution in [-0.2, 0) is 9.59 Å². The number of anilines is 1. The lowest BCUT2D eigenvalue weighted by atomic mass is 10.1. The Morgan fingerprint density at radius 1 is 0.906 bits per heavy atom. The summed E-state index contributed by atoms with van der Waals surface area (Å²) >= 11 is 7.07. The summed E-state index contributed by atoms with van der Waals surface area (Å²) in [4.78, 5) is 24.7. The van der Waals surface area contributed by atoms with E-state index in [-0.39, 0.29) is 18.2 Å². The average molecular weight is 461 g/mol. The lowest BCUT2D eigenvalue weighted by Gasteiger charge is -2.07. The number of rotatable bonds is 4. The van der Waals surface area contributed by atoms with Crippen molar-refractivity contribution in [3.63, 3.8) is 0 Å². The number of thioether (sulfide) groups is 1. The summed E-state index contributed by atoms with van der Waals surface area (Å²) in [5, 5.41) is 14.7. The summed E-state index contributed by atoms with van der Waals surface area (Å²) in [7, 11) is 0. The smallest absolute Gasteiger partial charge is 0.240 e. The second-order valence-corrected chi connectivity index (χ2v) is 8.93. The summed E-state index contributed by atoms with van der Waals surface area (Å²) in [5.41, 5.74) is 5.63. The van der Waals surface area contributed by atoms with Gasteiger partial charge >= 0.3 is 0 Å². The van der Waals surface area contributed by atoms with Gasteiger partial charge in [0.05, 0.1) is 0 Å². The number of fused-ring (bicyclic) bond motifs is 3. The van der Waals surface area contributed by atoms with Crippen molar-refractivity contribution in [2.75, 3.05) is 5.32 Å². The molecule has 8 heteroatoms. The van der Waals surface area contributed by atoms with Crippen molar-refractivity contribution in [3.8, 4) is 11.1 Å². The number of amidine groups is 1. The molecule has 2 amide bonds. The number of nitrogens with one attached hydrogen (secondary N) is 2. The van der Waals surface area contributed by atoms with E-state index in [0.717, 1.165) is 28.0 Å². The first-order chi connectivity index (χ1) is 15.6. The zero-order valence-corrected chi connectivity index (χ0v) is 18.3. The lowest BCUT2D eigenvalue weighted by Crippen LogP contribution is -2.28. The van der Waals surface area contributed by atoms with Crippen LogP contribution in [0.15, 0.2) is 83.0 Å². The number of hydrogen-bond acceptors (Lipinski definition) is 5. The second kappa shape index (κ2) is 8.61. The minimum atomic E-state index is -0.565. The van der Waals surface area contributed by atoms with E-state index in [1.54, 1.807) is 24.3 Å². The number of benzene rings is 3. The van der Waals surface area contributed by atoms with Gasteiger partial charge in [-0.3, -0.25) is 9.59 Å². The summed E-state index contributed by atoms with van der Waals surface area (Å²) in [5.74, 6) is -0.515. The molecular formula is C24H17ClN4O2S. The van der Waals surface area contributed by atoms with Gasteiger partial charge in [0.2, 0.25) is 11.8 Å². The second-order valence-electron chi connectivity index (χ2n) is 7.30. The highest BCUT2D eigenvalue weighted by atomic mass is 35.5. The van der Waals surface area contributed by atoms with Crippen molar-refractivity contribution in [2.24, 2.45) is 10.2 Å². The van der Waals surface area contributed by atoms with Crippen LogP contribution in [0.1, 0.15) is 17.5 Å². The summed E-state index contributed by atoms with van der Waals surface area (Å²) < 4.78 is 0. The third-order valence-corrected chi connectivity index (χ3v) is 6.49. The maximum Gasteiger partial charge on any atom is 0.240 e. The number of carbonyl (C=O) groups excluding carboxylic acids is 2. The first kappa shape index (κ1) is 20.5. The van der Waals surface area contributed by atoms with Crippen LogP contribution in [0.25, 0.3) is 11.1 Å². The topological polar surface area (TPSA) is 82.9 Å². The highest BCUT2D eigenvalue weighted by molar-refractivity contribution is 8.15. The molecule has 0 aromatic heterocycles. The molecule has 0 saturated carbocycles. The van der Waals surface area contributed by atoms with Gasteiger partial charge in [-0.25, -0.2) is 0 Å². The Bertz CT molecular complexity index is 1240. The highest BCUT2D eigenvalue weighted by Crippen LogP contribution is 2.36. The molecule has 3 aromatic carbocycles. The van der Waals surface area contributed by atoms with Crippen molar-refractivity contribution < 1.29 is 9.59 Å². The van der Waals surface area contributed by atoms with Crippen LogP contribution in [-0.4, -0.2) is 27.9 Å². The quantitative estimate of drug-likeness (QED) is 0.433. The number of halogens is 1. The predicted molar refractivity (Wildman–Crippen MR) is 129 cm³/mol. The number of nitrogens with zero attached hydrogens (tertiary/aromatic N) is 2. The van der Waals surface area contributed by atoms with Gasteiger partial charge < -0.3 is 10.6 Å². The minimum absolute atomic E-state index is 0.0282. The average Bonchev–Trinajstić information content (AvgIpc) is 3.31. The van der Waals surface area contributed by atoms with Gasteiger partial charge in [0.1, 0.15) is 11.0 Å². The van der Waals surface area contributed by atoms with Gasteiger partial charge in [-0.15, -0.1) is 10.2 Å². The molecule has 0 spiro atoms. The molecule has 1 aliphatic heterocycles. The zero-order chi connectivity index (χ0) is 22.1. The van der Waals surface area contributed by atoms with Gasteiger partial charge in [0.15, 0.2) is 5.17 Å². The largest absolute Gasteiger partial charge is 0.326 e. The first-order valence-corrected chi connectivity index (χ1v) is 11.2. The van der Waals surface area contributed by atoms with Crippen LogP contribution in [0.2, 0.25) is 5.02 Å². The lowest BCUT2D eigenvalue weighted by molar-refractivity contribution is -0.122. The monoisotopic (exact) mass is 460 g/mol. The van der Waals surface area contributed by atoms with E-state index >= 15 is 0 Å². The molecule has 6 nitrogen and oxygen atoms in total. The maximum atomic E-state index is 12.4. The van der Waals surface area contributed by atoms with Crippen molar-refractivity contribution >= 4 is 51.7 Å². The highest BCUT2D eigenvalue weighted by Gasteiger charge is 2.32. The Kier molecular flexibility index (Phi) is 5.51. The van der Waals surface area contributed by atoms with E-state index in [1.807, 2.05) is 36.4 Å². The van der Waals surface area contributed by atoms with E-state index in [0.29, 0.717) is 15.9 Å². The van der Waals surface area contributed by atoms with Crippen LogP contribution >= 0.6 is 23.4 Å². The number of hydrogen-bond donors (Lipinski definition) is 2. The SMILES string of the molecule is O=C(C[C@H]1S/C(=N\N=C2c3ccccc3-c3ccccc32)NC1=O)Nc1ccc(Cl)cc1. The van der Waals surface area contributed by atoms with E-state index < -0.39 is 5.25 Å². The molecule has 0 bridgehead atoms. The molecule has 3 aromatic rings. The molecule has 32 heavy (non-hydrogen) atoms. The third kappa shape index (κ3) is 4.04. The van der Waals surface area contributed by atoms with Crippen LogP contribution in [0.5, 0.6) is 0 Å². The standard InChI is InChI=1S/C24H17ClN4O2S/c25-14-9-11-15(12-10-14)26-21(30)13-20-23(31)27-24(32-20)29-28-22-18-7-3-1-5-16(18)17-6-2-4-8-19(17)22/h1-12,20H,13H2,(H,26,30)(H,27,29,31)/t20-/m1/s1. The fraction of sp³-hybridized carbons (Fsp3) is 0.0833. The van der Waals surface area contributed by atoms with Gasteiger partial charge in [0.25, 0.3) is 0 Å². The molecule has 1 heterocycles. The molecule has 0 radical (unpaired) electrons. The first-order valence-electron chi connectivity index (χ1n) is 9.96. The molecular weight excluding hydrogens is 444 g/mol. The Labute approximate surface area is 193 Å². The number of carbonyl (C=O) groups is 2. The van der Waals surface area contributed by atoms with Gasteiger partial charge in [-0.1, -0.05) is 71.9 Å². The van der Waals surface area contributed by atoms with E-state index in [9.17, 15) is 9.59 Å². The van der Waals surface area contributed by atoms with Gasteiger partial charge in [0, 0.05) is 28.3 Å². The minimum Gasteiger partial charge on any atom is -0.326 e. The van der Waals surface area contributed by atoms with Crippen molar-refractivity contribution in [2.45, 2.75) is 11.7 Å². The molecule has 1 fully saturated rings. The van der Waals surface area contributed by atoms with Crippen LogP contribution in [0, 0.1) is 0 Å². The Morgan fingerprint density at radius 3 is 2.12 bits per heavy atom. The van der Waals surface area contributed by atoms with E-state index in [4.69, 9.17) is 11.6 Å². The molecule has 2 N–H and O–H groups in total. The molecule has 1 atom stereocenters. The Balaban J connectivity index is 1.31. The van der Waals surface area contributed by atoms with Crippen molar-refractivity contribution in [1.29, 1.82) is 0 Å². The van der Waals surface area contributed by atoms with Crippen LogP contribution in [0.3, 0.4) is 0 Å². The molecule has 0 unspecified atom stereocenters. The van der Waals surface area contributed by atoms with Crippen molar-refractivity contribution in [3.05, 3.63) is 88.9 Å². The molecule has 1 aliphatic carbocycles. The fourth-order valence-corrected chi connectivity index (χ4v) is 4.74. The predicted octanol–water partition coefficient (Wildman–Crippen LogP) is 4.69. The summed E-state index contributed by atoms with van der Waals surface area (Å²) in [6, 6.07) is 22.9. The fourth-order valence-electron chi connectivity index (χ4n) is 3.70. The van der Waals surface area contributed by atoms with Crippen molar-refractivity contribution in [1.82, 2.24) is 5.32 Å². The molecule has 158 valence electrons. The van der Waals surface area contributed by atoms with Gasteiger partial charge in [-0.2, -0.15) is 0 Å². The maximum absolute atomic E-state index is 12.4. The Hall–Kier alpha value is -3.42. The van der Waals surface area contributed by atoms with Crippen LogP contribution in [0.4, 0.5) is 5.69 Å². The van der Waals surface area contributed by atoms with E-state index in [1.165, 1.54) is 11.8 Å². The zero-order valence-electron chi connectivity index (χ0n) is 16.7. The molecule has 2 aliphatic rings. The normalized spacial score (nSPS) is 17.7. The number of amides is 2. The summed E-state index contributed by atoms with van der Waals surface area (Å²) in [6.07, 6.45) is 0.0282. The third-order valence-electron chi connectivity index (χ3n) is 5.17. The van der Waals surface area contributed by atoms with Crippen LogP contribution < -0.4 is 10.6 Å². The summed E-state index contributed by atoms with van der Waals surface area (Å²) in [6.45, 7) is 0. The van der Waals surface area contributed by atoms with E-state index in [2.05, 4.69) is 33.0 Å².